The van der Waals surface area contributed by atoms with Crippen molar-refractivity contribution in [1.82, 2.24) is 10.2 Å². The Kier molecular flexibility index (Phi) is 5.69. The highest BCUT2D eigenvalue weighted by Crippen LogP contribution is 2.34. The number of nitrogens with zero attached hydrogens (tertiary/aromatic N) is 1. The molecule has 148 valence electrons. The zero-order chi connectivity index (χ0) is 20.2. The van der Waals surface area contributed by atoms with Gasteiger partial charge in [0.2, 0.25) is 5.91 Å². The number of carbonyl (C=O) groups excluding carboxylic acids is 2. The number of hydrogen-bond acceptors (Lipinski definition) is 5. The fourth-order valence-corrected chi connectivity index (χ4v) is 4.35. The Morgan fingerprint density at radius 1 is 0.966 bits per heavy atom. The van der Waals surface area contributed by atoms with Crippen molar-refractivity contribution in [2.45, 2.75) is 13.1 Å². The maximum absolute atomic E-state index is 12.8. The quantitative estimate of drug-likeness (QED) is 0.463. The van der Waals surface area contributed by atoms with E-state index in [-0.39, 0.29) is 31.4 Å². The molecule has 2 amide bonds. The highest BCUT2D eigenvalue weighted by atomic mass is 35.5. The smallest absolute Gasteiger partial charge is 0.263 e. The predicted octanol–water partition coefficient (Wildman–Crippen LogP) is 4.70. The van der Waals surface area contributed by atoms with Gasteiger partial charge in [-0.15, -0.1) is 11.3 Å². The summed E-state index contributed by atoms with van der Waals surface area (Å²) in [5.41, 5.74) is 0. The molecular formula is C21H17ClN2O4S. The van der Waals surface area contributed by atoms with Gasteiger partial charge in [0.1, 0.15) is 16.4 Å². The molecule has 6 nitrogen and oxygen atoms in total. The van der Waals surface area contributed by atoms with Crippen LogP contribution >= 0.6 is 22.9 Å². The van der Waals surface area contributed by atoms with Crippen LogP contribution in [0.15, 0.2) is 69.9 Å². The molecular weight excluding hydrogens is 412 g/mol. The first kappa shape index (κ1) is 19.3. The van der Waals surface area contributed by atoms with E-state index in [1.54, 1.807) is 41.7 Å². The van der Waals surface area contributed by atoms with E-state index in [1.807, 2.05) is 24.3 Å². The van der Waals surface area contributed by atoms with E-state index in [0.717, 1.165) is 10.1 Å². The lowest BCUT2D eigenvalue weighted by Gasteiger charge is -2.20. The van der Waals surface area contributed by atoms with Crippen molar-refractivity contribution in [2.75, 3.05) is 6.54 Å². The first-order valence-corrected chi connectivity index (χ1v) is 10.1. The summed E-state index contributed by atoms with van der Waals surface area (Å²) >= 11 is 7.65. The van der Waals surface area contributed by atoms with Crippen LogP contribution in [0.1, 0.15) is 21.2 Å². The summed E-state index contributed by atoms with van der Waals surface area (Å²) in [5, 5.41) is 3.90. The lowest BCUT2D eigenvalue weighted by molar-refractivity contribution is -0.131. The zero-order valence-corrected chi connectivity index (χ0v) is 16.8. The fraction of sp³-hybridized carbons (Fsp3) is 0.143. The minimum absolute atomic E-state index is 0.162. The van der Waals surface area contributed by atoms with Crippen molar-refractivity contribution in [1.29, 1.82) is 0 Å². The second-order valence-corrected chi connectivity index (χ2v) is 7.76. The van der Waals surface area contributed by atoms with Crippen LogP contribution in [0.4, 0.5) is 0 Å². The van der Waals surface area contributed by atoms with E-state index in [1.165, 1.54) is 11.3 Å². The number of fused-ring (bicyclic) bond motifs is 1. The minimum atomic E-state index is -0.375. The average Bonchev–Trinajstić information content (AvgIpc) is 3.48. The number of benzene rings is 1. The van der Waals surface area contributed by atoms with Crippen molar-refractivity contribution < 1.29 is 18.4 Å². The molecule has 0 saturated carbocycles. The Labute approximate surface area is 175 Å². The third-order valence-corrected chi connectivity index (χ3v) is 6.02. The molecule has 1 N–H and O–H groups in total. The maximum atomic E-state index is 12.8. The molecule has 0 aliphatic heterocycles. The van der Waals surface area contributed by atoms with Gasteiger partial charge in [-0.1, -0.05) is 29.8 Å². The number of nitrogens with one attached hydrogen (secondary N) is 1. The molecule has 0 spiro atoms. The average molecular weight is 429 g/mol. The molecule has 1 aromatic carbocycles. The molecule has 0 saturated heterocycles. The van der Waals surface area contributed by atoms with Gasteiger partial charge in [-0.2, -0.15) is 0 Å². The summed E-state index contributed by atoms with van der Waals surface area (Å²) in [6.45, 7) is 0.378. The Hall–Kier alpha value is -3.03. The Morgan fingerprint density at radius 3 is 2.21 bits per heavy atom. The second-order valence-electron chi connectivity index (χ2n) is 6.33. The van der Waals surface area contributed by atoms with Gasteiger partial charge in [-0.3, -0.25) is 9.59 Å². The van der Waals surface area contributed by atoms with Crippen LogP contribution in [-0.4, -0.2) is 23.3 Å². The summed E-state index contributed by atoms with van der Waals surface area (Å²) in [6, 6.07) is 14.6. The molecule has 4 aromatic rings. The Bertz CT molecular complexity index is 1080. The number of thiophene rings is 1. The van der Waals surface area contributed by atoms with Gasteiger partial charge in [0.15, 0.2) is 0 Å². The molecule has 0 fully saturated rings. The molecule has 0 unspecified atom stereocenters. The van der Waals surface area contributed by atoms with Gasteiger partial charge in [0.25, 0.3) is 5.91 Å². The van der Waals surface area contributed by atoms with Crippen molar-refractivity contribution >= 4 is 44.8 Å². The number of amides is 2. The molecule has 3 heterocycles. The summed E-state index contributed by atoms with van der Waals surface area (Å²) in [4.78, 5) is 27.3. The van der Waals surface area contributed by atoms with Crippen molar-refractivity contribution in [3.05, 3.63) is 82.5 Å². The van der Waals surface area contributed by atoms with E-state index in [9.17, 15) is 9.59 Å². The SMILES string of the molecule is O=C(NCC(=O)N(Cc1ccco1)Cc1ccco1)c1sc2ccccc2c1Cl. The highest BCUT2D eigenvalue weighted by molar-refractivity contribution is 7.21. The normalized spacial score (nSPS) is 10.9. The molecule has 0 aliphatic carbocycles. The lowest BCUT2D eigenvalue weighted by atomic mass is 10.2. The highest BCUT2D eigenvalue weighted by Gasteiger charge is 2.21. The maximum Gasteiger partial charge on any atom is 0.263 e. The van der Waals surface area contributed by atoms with Crippen LogP contribution in [0.3, 0.4) is 0 Å². The third-order valence-electron chi connectivity index (χ3n) is 4.35. The fourth-order valence-electron chi connectivity index (χ4n) is 2.92. The topological polar surface area (TPSA) is 75.7 Å². The summed E-state index contributed by atoms with van der Waals surface area (Å²) in [7, 11) is 0. The lowest BCUT2D eigenvalue weighted by Crippen LogP contribution is -2.39. The summed E-state index contributed by atoms with van der Waals surface area (Å²) < 4.78 is 11.6. The van der Waals surface area contributed by atoms with Crippen molar-refractivity contribution in [3.63, 3.8) is 0 Å². The number of hydrogen-bond donors (Lipinski definition) is 1. The largest absolute Gasteiger partial charge is 0.467 e. The first-order valence-electron chi connectivity index (χ1n) is 8.89. The standard InChI is InChI=1S/C21H17ClN2O4S/c22-19-16-7-1-2-8-17(16)29-20(19)21(26)23-11-18(25)24(12-14-5-3-9-27-14)13-15-6-4-10-28-15/h1-10H,11-13H2,(H,23,26). The zero-order valence-electron chi connectivity index (χ0n) is 15.3. The monoisotopic (exact) mass is 428 g/mol. The van der Waals surface area contributed by atoms with Gasteiger partial charge in [-0.25, -0.2) is 0 Å². The molecule has 4 rings (SSSR count). The van der Waals surface area contributed by atoms with Gasteiger partial charge >= 0.3 is 0 Å². The van der Waals surface area contributed by atoms with Crippen LogP contribution in [0.25, 0.3) is 10.1 Å². The third kappa shape index (κ3) is 4.36. The number of rotatable bonds is 7. The summed E-state index contributed by atoms with van der Waals surface area (Å²) in [5.74, 6) is 0.649. The van der Waals surface area contributed by atoms with E-state index >= 15 is 0 Å². The molecule has 0 bridgehead atoms. The molecule has 0 atom stereocenters. The van der Waals surface area contributed by atoms with Crippen LogP contribution < -0.4 is 5.32 Å². The van der Waals surface area contributed by atoms with E-state index in [4.69, 9.17) is 20.4 Å². The van der Waals surface area contributed by atoms with Crippen LogP contribution in [0.5, 0.6) is 0 Å². The molecule has 29 heavy (non-hydrogen) atoms. The predicted molar refractivity (Wildman–Crippen MR) is 111 cm³/mol. The van der Waals surface area contributed by atoms with Crippen molar-refractivity contribution in [2.24, 2.45) is 0 Å². The van der Waals surface area contributed by atoms with E-state index in [2.05, 4.69) is 5.32 Å². The van der Waals surface area contributed by atoms with E-state index < -0.39 is 0 Å². The van der Waals surface area contributed by atoms with Crippen LogP contribution in [-0.2, 0) is 17.9 Å². The number of halogens is 1. The van der Waals surface area contributed by atoms with E-state index in [0.29, 0.717) is 21.4 Å². The molecule has 0 aliphatic rings. The Balaban J connectivity index is 1.45. The molecule has 3 aromatic heterocycles. The Morgan fingerprint density at radius 2 is 1.62 bits per heavy atom. The van der Waals surface area contributed by atoms with Crippen molar-refractivity contribution in [3.8, 4) is 0 Å². The van der Waals surface area contributed by atoms with Gasteiger partial charge in [-0.05, 0) is 30.3 Å². The minimum Gasteiger partial charge on any atom is -0.467 e. The summed E-state index contributed by atoms with van der Waals surface area (Å²) in [6.07, 6.45) is 3.10. The van der Waals surface area contributed by atoms with Crippen LogP contribution in [0, 0.1) is 0 Å². The second kappa shape index (κ2) is 8.55. The molecule has 8 heteroatoms. The first-order chi connectivity index (χ1) is 14.1. The van der Waals surface area contributed by atoms with Gasteiger partial charge in [0.05, 0.1) is 37.2 Å². The van der Waals surface area contributed by atoms with Gasteiger partial charge < -0.3 is 19.1 Å². The van der Waals surface area contributed by atoms with Crippen LogP contribution in [0.2, 0.25) is 5.02 Å². The number of carbonyl (C=O) groups is 2. The van der Waals surface area contributed by atoms with Gasteiger partial charge in [0, 0.05) is 10.1 Å². The number of furan rings is 2. The molecule has 0 radical (unpaired) electrons.